The summed E-state index contributed by atoms with van der Waals surface area (Å²) < 4.78 is 24.4. The van der Waals surface area contributed by atoms with Crippen molar-refractivity contribution in [2.45, 2.75) is 57.6 Å². The molecule has 0 aromatic rings. The van der Waals surface area contributed by atoms with E-state index in [4.69, 9.17) is 0 Å². The van der Waals surface area contributed by atoms with Crippen molar-refractivity contribution >= 4 is 9.84 Å². The number of nitrogens with one attached hydrogen (secondary N) is 1. The van der Waals surface area contributed by atoms with Crippen LogP contribution in [-0.2, 0) is 9.84 Å². The molecule has 92 valence electrons. The summed E-state index contributed by atoms with van der Waals surface area (Å²) in [6.07, 6.45) is 0.835. The van der Waals surface area contributed by atoms with Gasteiger partial charge in [-0.1, -0.05) is 20.8 Å². The fourth-order valence-electron chi connectivity index (χ4n) is 1.72. The van der Waals surface area contributed by atoms with E-state index in [0.29, 0.717) is 0 Å². The van der Waals surface area contributed by atoms with Gasteiger partial charge in [-0.2, -0.15) is 0 Å². The predicted molar refractivity (Wildman–Crippen MR) is 65.8 cm³/mol. The van der Waals surface area contributed by atoms with Crippen LogP contribution < -0.4 is 5.32 Å². The lowest BCUT2D eigenvalue weighted by Crippen LogP contribution is -2.44. The van der Waals surface area contributed by atoms with Crippen LogP contribution in [0.2, 0.25) is 0 Å². The zero-order chi connectivity index (χ0) is 12.2. The Kier molecular flexibility index (Phi) is 5.81. The minimum atomic E-state index is -3.02. The SMILES string of the molecule is CCC(NC)C(C)S(=O)(=O)C(C)C(C)C. The molecule has 0 aliphatic heterocycles. The third-order valence-corrected chi connectivity index (χ3v) is 6.30. The molecule has 15 heavy (non-hydrogen) atoms. The normalized spacial score (nSPS) is 18.9. The molecule has 3 atom stereocenters. The summed E-state index contributed by atoms with van der Waals surface area (Å²) in [5.74, 6) is 0.173. The molecule has 0 aromatic heterocycles. The highest BCUT2D eigenvalue weighted by molar-refractivity contribution is 7.92. The summed E-state index contributed by atoms with van der Waals surface area (Å²) in [5.41, 5.74) is 0. The lowest BCUT2D eigenvalue weighted by molar-refractivity contribution is 0.485. The van der Waals surface area contributed by atoms with Gasteiger partial charge in [0.25, 0.3) is 0 Å². The van der Waals surface area contributed by atoms with E-state index in [-0.39, 0.29) is 22.5 Å². The molecule has 0 aliphatic rings. The Hall–Kier alpha value is -0.0900. The average Bonchev–Trinajstić information content (AvgIpc) is 2.18. The molecule has 0 saturated carbocycles. The Morgan fingerprint density at radius 1 is 1.07 bits per heavy atom. The highest BCUT2D eigenvalue weighted by Gasteiger charge is 2.33. The molecule has 0 fully saturated rings. The van der Waals surface area contributed by atoms with E-state index in [9.17, 15) is 8.42 Å². The van der Waals surface area contributed by atoms with Gasteiger partial charge in [0.05, 0.1) is 10.5 Å². The average molecular weight is 235 g/mol. The molecule has 0 aromatic carbocycles. The molecule has 3 nitrogen and oxygen atoms in total. The second kappa shape index (κ2) is 5.85. The first-order valence-corrected chi connectivity index (χ1v) is 7.29. The highest BCUT2D eigenvalue weighted by atomic mass is 32.2. The predicted octanol–water partition coefficient (Wildman–Crippen LogP) is 1.83. The molecule has 0 spiro atoms. The Labute approximate surface area is 94.6 Å². The molecule has 0 radical (unpaired) electrons. The molecule has 0 aliphatic carbocycles. The van der Waals surface area contributed by atoms with E-state index in [1.54, 1.807) is 13.8 Å². The highest BCUT2D eigenvalue weighted by Crippen LogP contribution is 2.20. The van der Waals surface area contributed by atoms with Crippen LogP contribution >= 0.6 is 0 Å². The Bertz CT molecular complexity index is 268. The minimum Gasteiger partial charge on any atom is -0.316 e. The van der Waals surface area contributed by atoms with E-state index in [2.05, 4.69) is 5.32 Å². The molecule has 0 bridgehead atoms. The lowest BCUT2D eigenvalue weighted by atomic mass is 10.1. The van der Waals surface area contributed by atoms with Crippen LogP contribution in [0.5, 0.6) is 0 Å². The smallest absolute Gasteiger partial charge is 0.157 e. The van der Waals surface area contributed by atoms with Crippen molar-refractivity contribution in [3.05, 3.63) is 0 Å². The first-order chi connectivity index (χ1) is 6.78. The topological polar surface area (TPSA) is 46.2 Å². The maximum Gasteiger partial charge on any atom is 0.157 e. The van der Waals surface area contributed by atoms with Gasteiger partial charge in [-0.25, -0.2) is 8.42 Å². The van der Waals surface area contributed by atoms with Gasteiger partial charge >= 0.3 is 0 Å². The molecule has 3 unspecified atom stereocenters. The molecule has 0 rings (SSSR count). The summed E-state index contributed by atoms with van der Waals surface area (Å²) in [6, 6.07) is 0.0520. The summed E-state index contributed by atoms with van der Waals surface area (Å²) in [7, 11) is -1.20. The zero-order valence-corrected chi connectivity index (χ0v) is 11.6. The van der Waals surface area contributed by atoms with E-state index < -0.39 is 9.84 Å². The third kappa shape index (κ3) is 3.45. The van der Waals surface area contributed by atoms with Gasteiger partial charge in [-0.15, -0.1) is 0 Å². The van der Waals surface area contributed by atoms with Gasteiger partial charge in [-0.05, 0) is 33.2 Å². The fourth-order valence-corrected chi connectivity index (χ4v) is 3.94. The van der Waals surface area contributed by atoms with E-state index in [0.717, 1.165) is 6.42 Å². The van der Waals surface area contributed by atoms with Crippen molar-refractivity contribution in [2.75, 3.05) is 7.05 Å². The standard InChI is InChI=1S/C11H25NO2S/c1-7-11(12-6)10(5)15(13,14)9(4)8(2)3/h8-12H,7H2,1-6H3. The molecule has 4 heteroatoms. The maximum atomic E-state index is 12.2. The van der Waals surface area contributed by atoms with Crippen molar-refractivity contribution in [1.82, 2.24) is 5.32 Å². The van der Waals surface area contributed by atoms with Gasteiger partial charge < -0.3 is 5.32 Å². The molecule has 0 amide bonds. The van der Waals surface area contributed by atoms with Crippen molar-refractivity contribution in [1.29, 1.82) is 0 Å². The molecular weight excluding hydrogens is 210 g/mol. The largest absolute Gasteiger partial charge is 0.316 e. The van der Waals surface area contributed by atoms with Crippen molar-refractivity contribution in [2.24, 2.45) is 5.92 Å². The van der Waals surface area contributed by atoms with Gasteiger partial charge in [0.2, 0.25) is 0 Å². The van der Waals surface area contributed by atoms with Crippen LogP contribution in [0, 0.1) is 5.92 Å². The summed E-state index contributed by atoms with van der Waals surface area (Å²) in [6.45, 7) is 9.52. The van der Waals surface area contributed by atoms with Crippen molar-refractivity contribution < 1.29 is 8.42 Å². The van der Waals surface area contributed by atoms with Crippen molar-refractivity contribution in [3.63, 3.8) is 0 Å². The monoisotopic (exact) mass is 235 g/mol. The second-order valence-electron chi connectivity index (χ2n) is 4.55. The molecule has 0 saturated heterocycles. The maximum absolute atomic E-state index is 12.2. The van der Waals surface area contributed by atoms with Gasteiger partial charge in [0.15, 0.2) is 9.84 Å². The molecule has 0 heterocycles. The Balaban J connectivity index is 4.87. The minimum absolute atomic E-state index is 0.0520. The van der Waals surface area contributed by atoms with E-state index >= 15 is 0 Å². The summed E-state index contributed by atoms with van der Waals surface area (Å²) >= 11 is 0. The van der Waals surface area contributed by atoms with Crippen LogP contribution in [0.1, 0.15) is 41.0 Å². The number of sulfone groups is 1. The van der Waals surface area contributed by atoms with Crippen LogP contribution in [0.25, 0.3) is 0 Å². The molecule has 1 N–H and O–H groups in total. The van der Waals surface area contributed by atoms with Crippen LogP contribution in [0.4, 0.5) is 0 Å². The number of rotatable bonds is 6. The lowest BCUT2D eigenvalue weighted by Gasteiger charge is -2.27. The molecular formula is C11H25NO2S. The van der Waals surface area contributed by atoms with Gasteiger partial charge in [0.1, 0.15) is 0 Å². The summed E-state index contributed by atoms with van der Waals surface area (Å²) in [5, 5.41) is 2.49. The van der Waals surface area contributed by atoms with Crippen LogP contribution in [-0.4, -0.2) is 32.0 Å². The first kappa shape index (κ1) is 14.9. The number of hydrogen-bond donors (Lipinski definition) is 1. The Morgan fingerprint density at radius 2 is 1.53 bits per heavy atom. The first-order valence-electron chi connectivity index (χ1n) is 5.68. The zero-order valence-electron chi connectivity index (χ0n) is 10.7. The quantitative estimate of drug-likeness (QED) is 0.764. The third-order valence-electron chi connectivity index (χ3n) is 3.35. The Morgan fingerprint density at radius 3 is 1.80 bits per heavy atom. The van der Waals surface area contributed by atoms with Gasteiger partial charge in [-0.3, -0.25) is 0 Å². The summed E-state index contributed by atoms with van der Waals surface area (Å²) in [4.78, 5) is 0. The van der Waals surface area contributed by atoms with E-state index in [1.807, 2.05) is 27.8 Å². The fraction of sp³-hybridized carbons (Fsp3) is 1.00. The van der Waals surface area contributed by atoms with Gasteiger partial charge in [0, 0.05) is 6.04 Å². The van der Waals surface area contributed by atoms with Crippen LogP contribution in [0.15, 0.2) is 0 Å². The number of hydrogen-bond acceptors (Lipinski definition) is 3. The van der Waals surface area contributed by atoms with Crippen molar-refractivity contribution in [3.8, 4) is 0 Å². The van der Waals surface area contributed by atoms with E-state index in [1.165, 1.54) is 0 Å². The second-order valence-corrected chi connectivity index (χ2v) is 7.21. The van der Waals surface area contributed by atoms with Crippen LogP contribution in [0.3, 0.4) is 0 Å².